The summed E-state index contributed by atoms with van der Waals surface area (Å²) in [6.45, 7) is 2.47. The molecule has 1 aromatic carbocycles. The molecule has 152 valence electrons. The largest absolute Gasteiger partial charge is 0.495 e. The van der Waals surface area contributed by atoms with Crippen LogP contribution in [0.5, 0.6) is 5.75 Å². The number of nitrogens with one attached hydrogen (secondary N) is 3. The number of aromatic nitrogens is 1. The molecule has 8 nitrogen and oxygen atoms in total. The highest BCUT2D eigenvalue weighted by atomic mass is 32.2. The maximum atomic E-state index is 12.4. The first kappa shape index (κ1) is 20.6. The summed E-state index contributed by atoms with van der Waals surface area (Å²) in [5.74, 6) is 0.382. The van der Waals surface area contributed by atoms with Crippen molar-refractivity contribution in [3.05, 3.63) is 34.3 Å². The highest BCUT2D eigenvalue weighted by Gasteiger charge is 2.28. The fourth-order valence-electron chi connectivity index (χ4n) is 2.54. The molecule has 0 spiro atoms. The molecule has 3 rings (SSSR count). The Morgan fingerprint density at radius 3 is 2.79 bits per heavy atom. The fourth-order valence-corrected chi connectivity index (χ4v) is 4.65. The first-order valence-electron chi connectivity index (χ1n) is 9.09. The number of anilines is 1. The number of aryl methyl sites for hydroxylation is 1. The molecule has 1 heterocycles. The van der Waals surface area contributed by atoms with Gasteiger partial charge in [-0.15, -0.1) is 11.3 Å². The van der Waals surface area contributed by atoms with Gasteiger partial charge < -0.3 is 15.4 Å². The predicted octanol–water partition coefficient (Wildman–Crippen LogP) is 2.52. The van der Waals surface area contributed by atoms with E-state index in [1.165, 1.54) is 25.3 Å². The van der Waals surface area contributed by atoms with Gasteiger partial charge in [0.1, 0.15) is 5.75 Å². The van der Waals surface area contributed by atoms with Crippen molar-refractivity contribution in [3.63, 3.8) is 0 Å². The van der Waals surface area contributed by atoms with Gasteiger partial charge in [0.2, 0.25) is 10.0 Å². The molecular weight excluding hydrogens is 400 g/mol. The lowest BCUT2D eigenvalue weighted by atomic mass is 10.3. The van der Waals surface area contributed by atoms with Crippen LogP contribution in [0.3, 0.4) is 0 Å². The summed E-state index contributed by atoms with van der Waals surface area (Å²) in [6, 6.07) is 3.95. The summed E-state index contributed by atoms with van der Waals surface area (Å²) < 4.78 is 32.6. The van der Waals surface area contributed by atoms with Gasteiger partial charge in [0.15, 0.2) is 0 Å². The highest BCUT2D eigenvalue weighted by Crippen LogP contribution is 2.29. The number of carbonyl (C=O) groups is 1. The summed E-state index contributed by atoms with van der Waals surface area (Å²) in [6.07, 6.45) is 3.22. The topological polar surface area (TPSA) is 109 Å². The van der Waals surface area contributed by atoms with E-state index in [0.717, 1.165) is 30.0 Å². The van der Waals surface area contributed by atoms with Crippen LogP contribution in [-0.4, -0.2) is 39.1 Å². The first-order valence-corrected chi connectivity index (χ1v) is 11.5. The number of sulfonamides is 1. The Morgan fingerprint density at radius 1 is 1.36 bits per heavy atom. The molecule has 2 aromatic rings. The third kappa shape index (κ3) is 5.43. The number of carbonyl (C=O) groups excluding carboxylic acids is 1. The van der Waals surface area contributed by atoms with Crippen LogP contribution in [-0.2, 0) is 22.9 Å². The summed E-state index contributed by atoms with van der Waals surface area (Å²) >= 11 is 1.61. The number of benzene rings is 1. The van der Waals surface area contributed by atoms with Crippen molar-refractivity contribution in [3.8, 4) is 5.75 Å². The minimum Gasteiger partial charge on any atom is -0.495 e. The number of nitrogens with zero attached hydrogens (tertiary/aromatic N) is 1. The molecule has 0 aliphatic heterocycles. The van der Waals surface area contributed by atoms with Crippen LogP contribution in [0.25, 0.3) is 0 Å². The lowest BCUT2D eigenvalue weighted by Gasteiger charge is -2.13. The zero-order chi connectivity index (χ0) is 20.1. The van der Waals surface area contributed by atoms with E-state index in [2.05, 4.69) is 27.3 Å². The van der Waals surface area contributed by atoms with Crippen LogP contribution in [0.4, 0.5) is 10.5 Å². The van der Waals surface area contributed by atoms with Crippen LogP contribution in [0, 0.1) is 0 Å². The molecule has 1 fully saturated rings. The van der Waals surface area contributed by atoms with E-state index in [1.807, 2.05) is 5.38 Å². The second kappa shape index (κ2) is 8.89. The predicted molar refractivity (Wildman–Crippen MR) is 109 cm³/mol. The number of ether oxygens (including phenoxy) is 1. The number of amides is 2. The SMILES string of the molecule is CCc1nc(CCNC(=O)Nc2cc(S(=O)(=O)NC3CC3)ccc2OC)cs1. The highest BCUT2D eigenvalue weighted by molar-refractivity contribution is 7.89. The van der Waals surface area contributed by atoms with Gasteiger partial charge in [0.05, 0.1) is 28.4 Å². The summed E-state index contributed by atoms with van der Waals surface area (Å²) in [4.78, 5) is 16.8. The van der Waals surface area contributed by atoms with Crippen molar-refractivity contribution in [1.82, 2.24) is 15.0 Å². The minimum absolute atomic E-state index is 0.00532. The van der Waals surface area contributed by atoms with E-state index in [1.54, 1.807) is 11.3 Å². The average molecular weight is 425 g/mol. The standard InChI is InChI=1S/C18H24N4O4S2/c1-3-17-20-13(11-27-17)8-9-19-18(23)21-15-10-14(6-7-16(15)26-2)28(24,25)22-12-4-5-12/h6-7,10-12,22H,3-5,8-9H2,1-2H3,(H2,19,21,23). The van der Waals surface area contributed by atoms with Gasteiger partial charge in [-0.3, -0.25) is 0 Å². The molecular formula is C18H24N4O4S2. The second-order valence-corrected chi connectivity index (χ2v) is 9.13. The molecule has 1 aromatic heterocycles. The van der Waals surface area contributed by atoms with Gasteiger partial charge in [-0.25, -0.2) is 22.9 Å². The van der Waals surface area contributed by atoms with Gasteiger partial charge in [-0.1, -0.05) is 6.92 Å². The van der Waals surface area contributed by atoms with Crippen LogP contribution in [0.1, 0.15) is 30.5 Å². The van der Waals surface area contributed by atoms with Gasteiger partial charge in [-0.05, 0) is 37.5 Å². The van der Waals surface area contributed by atoms with Crippen molar-refractivity contribution in [2.24, 2.45) is 0 Å². The monoisotopic (exact) mass is 424 g/mol. The Balaban J connectivity index is 1.61. The Morgan fingerprint density at radius 2 is 2.14 bits per heavy atom. The molecule has 1 saturated carbocycles. The number of methoxy groups -OCH3 is 1. The molecule has 28 heavy (non-hydrogen) atoms. The third-order valence-electron chi connectivity index (χ3n) is 4.20. The van der Waals surface area contributed by atoms with Crippen LogP contribution in [0.15, 0.2) is 28.5 Å². The van der Waals surface area contributed by atoms with Gasteiger partial charge in [0.25, 0.3) is 0 Å². The van der Waals surface area contributed by atoms with Crippen molar-refractivity contribution in [1.29, 1.82) is 0 Å². The molecule has 0 radical (unpaired) electrons. The molecule has 0 atom stereocenters. The second-order valence-electron chi connectivity index (χ2n) is 6.47. The molecule has 0 saturated heterocycles. The van der Waals surface area contributed by atoms with Crippen LogP contribution < -0.4 is 20.1 Å². The summed E-state index contributed by atoms with van der Waals surface area (Å²) in [5, 5.41) is 8.47. The molecule has 0 unspecified atom stereocenters. The number of hydrogen-bond acceptors (Lipinski definition) is 6. The average Bonchev–Trinajstić information content (AvgIpc) is 3.35. The van der Waals surface area contributed by atoms with Gasteiger partial charge >= 0.3 is 6.03 Å². The quantitative estimate of drug-likeness (QED) is 0.573. The molecule has 10 heteroatoms. The van der Waals surface area contributed by atoms with E-state index in [0.29, 0.717) is 24.4 Å². The molecule has 0 bridgehead atoms. The number of hydrogen-bond donors (Lipinski definition) is 3. The van der Waals surface area contributed by atoms with Crippen molar-refractivity contribution in [2.75, 3.05) is 19.0 Å². The zero-order valence-corrected chi connectivity index (χ0v) is 17.5. The van der Waals surface area contributed by atoms with E-state index >= 15 is 0 Å². The third-order valence-corrected chi connectivity index (χ3v) is 6.76. The van der Waals surface area contributed by atoms with Crippen molar-refractivity contribution in [2.45, 2.75) is 43.5 Å². The van der Waals surface area contributed by atoms with E-state index in [-0.39, 0.29) is 10.9 Å². The molecule has 1 aliphatic carbocycles. The maximum Gasteiger partial charge on any atom is 0.319 e. The Labute approximate surface area is 168 Å². The lowest BCUT2D eigenvalue weighted by Crippen LogP contribution is -2.31. The molecule has 2 amide bonds. The van der Waals surface area contributed by atoms with E-state index in [4.69, 9.17) is 4.74 Å². The number of urea groups is 1. The molecule has 3 N–H and O–H groups in total. The number of rotatable bonds is 9. The van der Waals surface area contributed by atoms with E-state index < -0.39 is 16.1 Å². The Kier molecular flexibility index (Phi) is 6.53. The van der Waals surface area contributed by atoms with E-state index in [9.17, 15) is 13.2 Å². The van der Waals surface area contributed by atoms with Crippen molar-refractivity contribution >= 4 is 33.1 Å². The summed E-state index contributed by atoms with van der Waals surface area (Å²) in [7, 11) is -2.16. The van der Waals surface area contributed by atoms with Crippen LogP contribution in [0.2, 0.25) is 0 Å². The normalized spacial score (nSPS) is 13.9. The Hall–Kier alpha value is -2.17. The maximum absolute atomic E-state index is 12.4. The van der Waals surface area contributed by atoms with Crippen LogP contribution >= 0.6 is 11.3 Å². The smallest absolute Gasteiger partial charge is 0.319 e. The molecule has 1 aliphatic rings. The number of thiazole rings is 1. The zero-order valence-electron chi connectivity index (χ0n) is 15.8. The fraction of sp³-hybridized carbons (Fsp3) is 0.444. The first-order chi connectivity index (χ1) is 13.4. The van der Waals surface area contributed by atoms with Crippen molar-refractivity contribution < 1.29 is 17.9 Å². The van der Waals surface area contributed by atoms with Gasteiger partial charge in [0, 0.05) is 24.4 Å². The minimum atomic E-state index is -3.62. The Bertz CT molecular complexity index is 939. The summed E-state index contributed by atoms with van der Waals surface area (Å²) in [5.41, 5.74) is 1.24. The van der Waals surface area contributed by atoms with Gasteiger partial charge in [-0.2, -0.15) is 0 Å². The lowest BCUT2D eigenvalue weighted by molar-refractivity contribution is 0.252.